The predicted molar refractivity (Wildman–Crippen MR) is 114 cm³/mol. The summed E-state index contributed by atoms with van der Waals surface area (Å²) in [4.78, 5) is 8.69. The van der Waals surface area contributed by atoms with Crippen molar-refractivity contribution in [1.82, 2.24) is 15.6 Å². The topological polar surface area (TPSA) is 58.5 Å². The Morgan fingerprint density at radius 3 is 2.72 bits per heavy atom. The Morgan fingerprint density at radius 1 is 1.20 bits per heavy atom. The lowest BCUT2D eigenvalue weighted by Gasteiger charge is -2.11. The minimum atomic E-state index is 0. The van der Waals surface area contributed by atoms with Gasteiger partial charge in [0.2, 0.25) is 0 Å². The number of aliphatic imine (C=N–C) groups is 1. The van der Waals surface area contributed by atoms with Crippen LogP contribution in [0, 0.1) is 0 Å². The minimum absolute atomic E-state index is 0. The number of pyridine rings is 1. The Balaban J connectivity index is 0.00000312. The molecule has 0 unspecified atom stereocenters. The molecule has 25 heavy (non-hydrogen) atoms. The summed E-state index contributed by atoms with van der Waals surface area (Å²) in [6.07, 6.45) is 2.65. The number of rotatable bonds is 7. The van der Waals surface area contributed by atoms with Gasteiger partial charge < -0.3 is 15.4 Å². The molecule has 1 heterocycles. The first kappa shape index (κ1) is 21.5. The fourth-order valence-electron chi connectivity index (χ4n) is 2.16. The number of nitrogens with one attached hydrogen (secondary N) is 2. The predicted octanol–water partition coefficient (Wildman–Crippen LogP) is 3.66. The summed E-state index contributed by atoms with van der Waals surface area (Å²) in [5.41, 5.74) is 2.24. The Labute approximate surface area is 171 Å². The van der Waals surface area contributed by atoms with E-state index < -0.39 is 0 Å². The van der Waals surface area contributed by atoms with Crippen molar-refractivity contribution in [3.63, 3.8) is 0 Å². The Kier molecular flexibility index (Phi) is 10.3. The number of hydrogen-bond acceptors (Lipinski definition) is 3. The summed E-state index contributed by atoms with van der Waals surface area (Å²) in [5.74, 6) is 1.64. The van der Waals surface area contributed by atoms with Crippen LogP contribution in [0.1, 0.15) is 18.1 Å². The van der Waals surface area contributed by atoms with Gasteiger partial charge in [0.15, 0.2) is 5.96 Å². The summed E-state index contributed by atoms with van der Waals surface area (Å²) in [5, 5.41) is 7.09. The van der Waals surface area contributed by atoms with Crippen LogP contribution in [0.15, 0.2) is 47.6 Å². The molecule has 0 spiro atoms. The van der Waals surface area contributed by atoms with Crippen LogP contribution < -0.4 is 15.4 Å². The number of hydrogen-bond donors (Lipinski definition) is 2. The molecular formula is C18H24ClIN4O. The molecule has 0 aliphatic heterocycles. The third-order valence-corrected chi connectivity index (χ3v) is 3.62. The standard InChI is InChI=1S/C18H23ClN4O.HI/c1-3-20-18(21-10-9-14-7-8-17(19)22-12-14)23-13-15-5-4-6-16(11-15)24-2;/h4-8,11-12H,3,9-10,13H2,1-2H3,(H2,20,21,23);1H. The van der Waals surface area contributed by atoms with Crippen molar-refractivity contribution < 1.29 is 4.74 Å². The van der Waals surface area contributed by atoms with Gasteiger partial charge in [0.1, 0.15) is 10.9 Å². The van der Waals surface area contributed by atoms with Crippen LogP contribution >= 0.6 is 35.6 Å². The molecule has 2 aromatic rings. The maximum Gasteiger partial charge on any atom is 0.191 e. The van der Waals surface area contributed by atoms with Gasteiger partial charge in [-0.2, -0.15) is 0 Å². The van der Waals surface area contributed by atoms with Gasteiger partial charge in [-0.15, -0.1) is 24.0 Å². The monoisotopic (exact) mass is 474 g/mol. The number of guanidine groups is 1. The zero-order valence-electron chi connectivity index (χ0n) is 14.5. The molecule has 136 valence electrons. The summed E-state index contributed by atoms with van der Waals surface area (Å²) < 4.78 is 5.24. The van der Waals surface area contributed by atoms with E-state index in [0.29, 0.717) is 11.7 Å². The molecule has 0 aliphatic rings. The van der Waals surface area contributed by atoms with E-state index in [9.17, 15) is 0 Å². The minimum Gasteiger partial charge on any atom is -0.497 e. The second-order valence-electron chi connectivity index (χ2n) is 5.21. The first-order chi connectivity index (χ1) is 11.7. The molecule has 0 radical (unpaired) electrons. The summed E-state index contributed by atoms with van der Waals surface area (Å²) in [7, 11) is 1.67. The van der Waals surface area contributed by atoms with Crippen LogP contribution in [0.3, 0.4) is 0 Å². The number of nitrogens with zero attached hydrogens (tertiary/aromatic N) is 2. The van der Waals surface area contributed by atoms with E-state index >= 15 is 0 Å². The lowest BCUT2D eigenvalue weighted by molar-refractivity contribution is 0.414. The van der Waals surface area contributed by atoms with E-state index in [1.807, 2.05) is 37.3 Å². The van der Waals surface area contributed by atoms with Crippen molar-refractivity contribution in [2.75, 3.05) is 20.2 Å². The molecule has 0 saturated carbocycles. The number of methoxy groups -OCH3 is 1. The van der Waals surface area contributed by atoms with Crippen molar-refractivity contribution in [2.24, 2.45) is 4.99 Å². The van der Waals surface area contributed by atoms with Crippen LogP contribution in [-0.4, -0.2) is 31.1 Å². The highest BCUT2D eigenvalue weighted by Crippen LogP contribution is 2.13. The van der Waals surface area contributed by atoms with Gasteiger partial charge in [-0.3, -0.25) is 0 Å². The molecule has 0 aliphatic carbocycles. The van der Waals surface area contributed by atoms with E-state index in [-0.39, 0.29) is 24.0 Å². The highest BCUT2D eigenvalue weighted by atomic mass is 127. The molecule has 1 aromatic heterocycles. The molecule has 2 N–H and O–H groups in total. The molecule has 0 amide bonds. The van der Waals surface area contributed by atoms with Gasteiger partial charge in [-0.1, -0.05) is 29.8 Å². The smallest absolute Gasteiger partial charge is 0.191 e. The molecule has 0 atom stereocenters. The highest BCUT2D eigenvalue weighted by molar-refractivity contribution is 14.0. The number of halogens is 2. The van der Waals surface area contributed by atoms with Crippen molar-refractivity contribution >= 4 is 41.5 Å². The van der Waals surface area contributed by atoms with E-state index in [1.165, 1.54) is 0 Å². The van der Waals surface area contributed by atoms with Crippen LogP contribution in [0.25, 0.3) is 0 Å². The molecule has 1 aromatic carbocycles. The maximum atomic E-state index is 5.79. The van der Waals surface area contributed by atoms with Crippen molar-refractivity contribution in [3.05, 3.63) is 58.9 Å². The average Bonchev–Trinajstić information content (AvgIpc) is 2.61. The lowest BCUT2D eigenvalue weighted by atomic mass is 10.2. The quantitative estimate of drug-likeness (QED) is 0.278. The maximum absolute atomic E-state index is 5.79. The molecule has 0 bridgehead atoms. The van der Waals surface area contributed by atoms with Crippen molar-refractivity contribution in [2.45, 2.75) is 19.9 Å². The fourth-order valence-corrected chi connectivity index (χ4v) is 2.27. The van der Waals surface area contributed by atoms with E-state index in [2.05, 4.69) is 20.6 Å². The third-order valence-electron chi connectivity index (χ3n) is 3.39. The summed E-state index contributed by atoms with van der Waals surface area (Å²) in [6, 6.07) is 11.7. The Morgan fingerprint density at radius 2 is 2.04 bits per heavy atom. The first-order valence-corrected chi connectivity index (χ1v) is 8.34. The first-order valence-electron chi connectivity index (χ1n) is 7.97. The van der Waals surface area contributed by atoms with Crippen LogP contribution in [0.5, 0.6) is 5.75 Å². The SMILES string of the molecule is CCNC(=NCc1cccc(OC)c1)NCCc1ccc(Cl)nc1.I. The molecule has 5 nitrogen and oxygen atoms in total. The van der Waals surface area contributed by atoms with Gasteiger partial charge in [0.05, 0.1) is 13.7 Å². The van der Waals surface area contributed by atoms with Crippen molar-refractivity contribution in [1.29, 1.82) is 0 Å². The lowest BCUT2D eigenvalue weighted by Crippen LogP contribution is -2.38. The molecule has 7 heteroatoms. The zero-order chi connectivity index (χ0) is 17.2. The molecule has 2 rings (SSSR count). The van der Waals surface area contributed by atoms with E-state index in [0.717, 1.165) is 42.3 Å². The largest absolute Gasteiger partial charge is 0.497 e. The third kappa shape index (κ3) is 7.92. The van der Waals surface area contributed by atoms with Gasteiger partial charge >= 0.3 is 0 Å². The second kappa shape index (κ2) is 11.9. The van der Waals surface area contributed by atoms with Gasteiger partial charge in [0, 0.05) is 19.3 Å². The van der Waals surface area contributed by atoms with Crippen molar-refractivity contribution in [3.8, 4) is 5.75 Å². The molecular weight excluding hydrogens is 451 g/mol. The van der Waals surface area contributed by atoms with Crippen LogP contribution in [-0.2, 0) is 13.0 Å². The highest BCUT2D eigenvalue weighted by Gasteiger charge is 2.00. The fraction of sp³-hybridized carbons (Fsp3) is 0.333. The van der Waals surface area contributed by atoms with Gasteiger partial charge in [-0.25, -0.2) is 9.98 Å². The van der Waals surface area contributed by atoms with Gasteiger partial charge in [-0.05, 0) is 42.7 Å². The van der Waals surface area contributed by atoms with E-state index in [1.54, 1.807) is 19.4 Å². The van der Waals surface area contributed by atoms with Gasteiger partial charge in [0.25, 0.3) is 0 Å². The number of benzene rings is 1. The number of ether oxygens (including phenoxy) is 1. The van der Waals surface area contributed by atoms with Crippen LogP contribution in [0.4, 0.5) is 0 Å². The Bertz CT molecular complexity index is 664. The number of aromatic nitrogens is 1. The summed E-state index contributed by atoms with van der Waals surface area (Å²) >= 11 is 5.79. The normalized spacial score (nSPS) is 10.8. The second-order valence-corrected chi connectivity index (χ2v) is 5.60. The molecule has 0 fully saturated rings. The Hall–Kier alpha value is -1.54. The van der Waals surface area contributed by atoms with Crippen LogP contribution in [0.2, 0.25) is 5.15 Å². The zero-order valence-corrected chi connectivity index (χ0v) is 17.5. The average molecular weight is 475 g/mol. The van der Waals surface area contributed by atoms with E-state index in [4.69, 9.17) is 16.3 Å². The molecule has 0 saturated heterocycles. The summed E-state index contributed by atoms with van der Waals surface area (Å²) in [6.45, 7) is 4.22.